The molecule has 8 heteroatoms. The molecule has 5 heterocycles. The van der Waals surface area contributed by atoms with Gasteiger partial charge in [-0.1, -0.05) is 12.1 Å². The summed E-state index contributed by atoms with van der Waals surface area (Å²) in [7, 11) is 4.20. The van der Waals surface area contributed by atoms with Gasteiger partial charge in [0.25, 0.3) is 5.91 Å². The number of carbonyl (C=O) groups is 1. The van der Waals surface area contributed by atoms with Gasteiger partial charge in [-0.15, -0.1) is 0 Å². The molecule has 0 spiro atoms. The maximum Gasteiger partial charge on any atom is 0.274 e. The first-order valence-electron chi connectivity index (χ1n) is 12.4. The van der Waals surface area contributed by atoms with Crippen molar-refractivity contribution in [1.29, 1.82) is 0 Å². The third-order valence-electron chi connectivity index (χ3n) is 7.05. The van der Waals surface area contributed by atoms with Crippen LogP contribution >= 0.6 is 0 Å². The lowest BCUT2D eigenvalue weighted by molar-refractivity contribution is 0.0626. The lowest BCUT2D eigenvalue weighted by Crippen LogP contribution is -2.50. The van der Waals surface area contributed by atoms with E-state index < -0.39 is 0 Å². The Morgan fingerprint density at radius 2 is 1.88 bits per heavy atom. The first kappa shape index (κ1) is 23.0. The van der Waals surface area contributed by atoms with E-state index in [1.807, 2.05) is 47.6 Å². The molecule has 3 aromatic heterocycles. The lowest BCUT2D eigenvalue weighted by atomic mass is 10.2. The summed E-state index contributed by atoms with van der Waals surface area (Å²) in [6.45, 7) is 7.23. The van der Waals surface area contributed by atoms with E-state index in [-0.39, 0.29) is 11.9 Å². The summed E-state index contributed by atoms with van der Waals surface area (Å²) in [5, 5.41) is 0. The van der Waals surface area contributed by atoms with Crippen LogP contribution in [0.2, 0.25) is 0 Å². The van der Waals surface area contributed by atoms with Crippen LogP contribution in [0.5, 0.6) is 0 Å². The van der Waals surface area contributed by atoms with Crippen LogP contribution < -0.4 is 0 Å². The smallest absolute Gasteiger partial charge is 0.274 e. The van der Waals surface area contributed by atoms with E-state index in [0.29, 0.717) is 5.69 Å². The molecule has 2 aliphatic rings. The Morgan fingerprint density at radius 1 is 1.06 bits per heavy atom. The zero-order chi connectivity index (χ0) is 23.5. The molecule has 2 fully saturated rings. The highest BCUT2D eigenvalue weighted by atomic mass is 16.2. The number of hydrogen-bond donors (Lipinski definition) is 0. The normalized spacial score (nSPS) is 20.0. The Morgan fingerprint density at radius 3 is 2.65 bits per heavy atom. The second-order valence-electron chi connectivity index (χ2n) is 9.66. The average molecular weight is 462 g/mol. The number of pyridine rings is 2. The van der Waals surface area contributed by atoms with E-state index in [2.05, 4.69) is 44.2 Å². The summed E-state index contributed by atoms with van der Waals surface area (Å²) in [6, 6.07) is 12.3. The van der Waals surface area contributed by atoms with Crippen molar-refractivity contribution in [3.05, 3.63) is 66.0 Å². The van der Waals surface area contributed by atoms with Crippen molar-refractivity contribution >= 4 is 11.4 Å². The Kier molecular flexibility index (Phi) is 6.89. The van der Waals surface area contributed by atoms with Gasteiger partial charge in [-0.25, -0.2) is 4.98 Å². The average Bonchev–Trinajstić information content (AvgIpc) is 3.47. The number of nitrogens with zero attached hydrogens (tertiary/aromatic N) is 7. The number of carbonyl (C=O) groups excluding carboxylic acids is 1. The van der Waals surface area contributed by atoms with Crippen LogP contribution in [-0.4, -0.2) is 99.8 Å². The van der Waals surface area contributed by atoms with Gasteiger partial charge in [-0.05, 0) is 57.7 Å². The van der Waals surface area contributed by atoms with Crippen molar-refractivity contribution < 1.29 is 4.79 Å². The molecule has 8 nitrogen and oxygen atoms in total. The molecule has 0 unspecified atom stereocenters. The second kappa shape index (κ2) is 10.2. The van der Waals surface area contributed by atoms with Crippen molar-refractivity contribution in [3.63, 3.8) is 0 Å². The first-order chi connectivity index (χ1) is 16.6. The Balaban J connectivity index is 1.35. The minimum absolute atomic E-state index is 0.0523. The number of rotatable bonds is 7. The first-order valence-corrected chi connectivity index (χ1v) is 12.4. The minimum atomic E-state index is 0.0523. The molecule has 1 atom stereocenters. The molecule has 1 amide bonds. The van der Waals surface area contributed by atoms with Crippen LogP contribution in [-0.2, 0) is 6.54 Å². The molecule has 2 saturated heterocycles. The van der Waals surface area contributed by atoms with Gasteiger partial charge in [0.2, 0.25) is 0 Å². The summed E-state index contributed by atoms with van der Waals surface area (Å²) >= 11 is 0. The largest absolute Gasteiger partial charge is 0.335 e. The Bertz CT molecular complexity index is 1100. The second-order valence-corrected chi connectivity index (χ2v) is 9.66. The number of fused-ring (bicyclic) bond motifs is 1. The molecule has 0 aliphatic carbocycles. The molecule has 0 radical (unpaired) electrons. The van der Waals surface area contributed by atoms with Crippen molar-refractivity contribution in [3.8, 4) is 0 Å². The molecule has 5 rings (SSSR count). The summed E-state index contributed by atoms with van der Waals surface area (Å²) < 4.78 is 2.13. The van der Waals surface area contributed by atoms with Gasteiger partial charge in [0, 0.05) is 58.2 Å². The van der Waals surface area contributed by atoms with Crippen LogP contribution in [0.25, 0.3) is 5.52 Å². The molecule has 180 valence electrons. The van der Waals surface area contributed by atoms with Gasteiger partial charge in [-0.3, -0.25) is 19.6 Å². The van der Waals surface area contributed by atoms with Crippen LogP contribution in [0.4, 0.5) is 0 Å². The number of aromatic nitrogens is 3. The standard InChI is InChI=1S/C26H35N7O/c1-29(2)14-15-30-16-18-31(19-17-30)26(34)24-22-9-4-6-13-33(22)25(28-24)23-10-7-12-32(23)20-21-8-3-5-11-27-21/h3-6,8-9,11,13,23H,7,10,12,14-20H2,1-2H3/t23-/m0/s1. The van der Waals surface area contributed by atoms with Gasteiger partial charge in [0.05, 0.1) is 17.3 Å². The quantitative estimate of drug-likeness (QED) is 0.539. The van der Waals surface area contributed by atoms with Crippen LogP contribution in [0.15, 0.2) is 48.8 Å². The van der Waals surface area contributed by atoms with Crippen molar-refractivity contribution in [2.45, 2.75) is 25.4 Å². The van der Waals surface area contributed by atoms with Gasteiger partial charge in [-0.2, -0.15) is 0 Å². The van der Waals surface area contributed by atoms with Crippen molar-refractivity contribution in [1.82, 2.24) is 34.0 Å². The third-order valence-corrected chi connectivity index (χ3v) is 7.05. The zero-order valence-corrected chi connectivity index (χ0v) is 20.3. The van der Waals surface area contributed by atoms with Crippen LogP contribution in [0.3, 0.4) is 0 Å². The topological polar surface area (TPSA) is 60.2 Å². The molecular formula is C26H35N7O. The highest BCUT2D eigenvalue weighted by molar-refractivity contribution is 5.99. The highest BCUT2D eigenvalue weighted by Gasteiger charge is 2.33. The molecule has 3 aromatic rings. The zero-order valence-electron chi connectivity index (χ0n) is 20.3. The summed E-state index contributed by atoms with van der Waals surface area (Å²) in [4.78, 5) is 32.2. The number of amides is 1. The van der Waals surface area contributed by atoms with Gasteiger partial charge in [0.1, 0.15) is 5.82 Å². The molecular weight excluding hydrogens is 426 g/mol. The maximum atomic E-state index is 13.6. The predicted octanol–water partition coefficient (Wildman–Crippen LogP) is 2.39. The van der Waals surface area contributed by atoms with E-state index in [0.717, 1.165) is 82.2 Å². The van der Waals surface area contributed by atoms with Gasteiger partial charge < -0.3 is 14.2 Å². The SMILES string of the molecule is CN(C)CCN1CCN(C(=O)c2nc([C@@H]3CCCN3Cc3ccccn3)n3ccccc23)CC1. The van der Waals surface area contributed by atoms with Crippen LogP contribution in [0.1, 0.15) is 40.9 Å². The molecule has 0 aromatic carbocycles. The summed E-state index contributed by atoms with van der Waals surface area (Å²) in [5.41, 5.74) is 2.56. The van der Waals surface area contributed by atoms with Gasteiger partial charge in [0.15, 0.2) is 5.69 Å². The summed E-state index contributed by atoms with van der Waals surface area (Å²) in [6.07, 6.45) is 6.06. The fraction of sp³-hybridized carbons (Fsp3) is 0.500. The van der Waals surface area contributed by atoms with Crippen LogP contribution in [0, 0.1) is 0 Å². The van der Waals surface area contributed by atoms with E-state index in [1.54, 1.807) is 0 Å². The number of piperazine rings is 1. The number of likely N-dealkylation sites (tertiary alicyclic amines) is 1. The Hall–Kier alpha value is -2.81. The number of imidazole rings is 1. The molecule has 2 aliphatic heterocycles. The van der Waals surface area contributed by atoms with E-state index in [1.165, 1.54) is 0 Å². The van der Waals surface area contributed by atoms with E-state index >= 15 is 0 Å². The minimum Gasteiger partial charge on any atom is -0.335 e. The van der Waals surface area contributed by atoms with Crippen molar-refractivity contribution in [2.24, 2.45) is 0 Å². The monoisotopic (exact) mass is 461 g/mol. The fourth-order valence-corrected chi connectivity index (χ4v) is 5.13. The predicted molar refractivity (Wildman–Crippen MR) is 133 cm³/mol. The molecule has 0 N–H and O–H groups in total. The Labute approximate surface area is 201 Å². The molecule has 0 bridgehead atoms. The number of likely N-dealkylation sites (N-methyl/N-ethyl adjacent to an activating group) is 1. The van der Waals surface area contributed by atoms with Crippen molar-refractivity contribution in [2.75, 3.05) is 59.9 Å². The van der Waals surface area contributed by atoms with E-state index in [4.69, 9.17) is 4.98 Å². The molecule has 0 saturated carbocycles. The molecule has 34 heavy (non-hydrogen) atoms. The highest BCUT2D eigenvalue weighted by Crippen LogP contribution is 2.33. The number of hydrogen-bond acceptors (Lipinski definition) is 6. The maximum absolute atomic E-state index is 13.6. The lowest BCUT2D eigenvalue weighted by Gasteiger charge is -2.34. The van der Waals surface area contributed by atoms with Gasteiger partial charge >= 0.3 is 0 Å². The fourth-order valence-electron chi connectivity index (χ4n) is 5.13. The summed E-state index contributed by atoms with van der Waals surface area (Å²) in [5.74, 6) is 1.02. The third kappa shape index (κ3) is 4.85. The van der Waals surface area contributed by atoms with E-state index in [9.17, 15) is 4.79 Å².